The molecule has 94 valence electrons. The van der Waals surface area contributed by atoms with Gasteiger partial charge in [0.05, 0.1) is 0 Å². The number of ether oxygens (including phenoxy) is 1. The number of carbonyl (C=O) groups excluding carboxylic acids is 1. The summed E-state index contributed by atoms with van der Waals surface area (Å²) >= 11 is 1.27. The van der Waals surface area contributed by atoms with Crippen molar-refractivity contribution in [1.29, 1.82) is 0 Å². The minimum Gasteiger partial charge on any atom is -0.385 e. The quantitative estimate of drug-likeness (QED) is 0.818. The van der Waals surface area contributed by atoms with Crippen LogP contribution in [0, 0.1) is 5.41 Å². The highest BCUT2D eigenvalue weighted by Gasteiger charge is 2.42. The van der Waals surface area contributed by atoms with Crippen LogP contribution in [-0.4, -0.2) is 30.7 Å². The maximum absolute atomic E-state index is 11.6. The second-order valence-corrected chi connectivity index (χ2v) is 5.26. The molecule has 17 heavy (non-hydrogen) atoms. The molecule has 2 N–H and O–H groups in total. The van der Waals surface area contributed by atoms with Gasteiger partial charge in [-0.05, 0) is 42.3 Å². The van der Waals surface area contributed by atoms with Gasteiger partial charge in [0.1, 0.15) is 5.00 Å². The Balaban J connectivity index is 1.69. The predicted molar refractivity (Wildman–Crippen MR) is 67.3 cm³/mol. The van der Waals surface area contributed by atoms with Gasteiger partial charge in [0, 0.05) is 26.5 Å². The first kappa shape index (κ1) is 12.3. The SMILES string of the molecule is COCCC1(CNC(=O)Nc2ccns2)CC1. The van der Waals surface area contributed by atoms with Crippen LogP contribution >= 0.6 is 11.5 Å². The average molecular weight is 255 g/mol. The lowest BCUT2D eigenvalue weighted by molar-refractivity contribution is 0.171. The molecule has 1 heterocycles. The van der Waals surface area contributed by atoms with Gasteiger partial charge in [-0.15, -0.1) is 0 Å². The summed E-state index contributed by atoms with van der Waals surface area (Å²) in [5.41, 5.74) is 0.279. The third kappa shape index (κ3) is 3.67. The van der Waals surface area contributed by atoms with E-state index in [1.165, 1.54) is 24.4 Å². The van der Waals surface area contributed by atoms with Gasteiger partial charge in [-0.25, -0.2) is 4.79 Å². The van der Waals surface area contributed by atoms with Crippen LogP contribution in [0.4, 0.5) is 9.80 Å². The van der Waals surface area contributed by atoms with Crippen molar-refractivity contribution >= 4 is 22.6 Å². The van der Waals surface area contributed by atoms with E-state index in [-0.39, 0.29) is 11.4 Å². The smallest absolute Gasteiger partial charge is 0.319 e. The fourth-order valence-electron chi connectivity index (χ4n) is 1.71. The van der Waals surface area contributed by atoms with Crippen molar-refractivity contribution in [1.82, 2.24) is 9.69 Å². The number of rotatable bonds is 6. The van der Waals surface area contributed by atoms with Gasteiger partial charge in [-0.3, -0.25) is 5.32 Å². The van der Waals surface area contributed by atoms with Gasteiger partial charge < -0.3 is 10.1 Å². The van der Waals surface area contributed by atoms with Crippen LogP contribution in [-0.2, 0) is 4.74 Å². The number of methoxy groups -OCH3 is 1. The number of hydrogen-bond donors (Lipinski definition) is 2. The Morgan fingerprint density at radius 2 is 2.47 bits per heavy atom. The number of hydrogen-bond acceptors (Lipinski definition) is 4. The summed E-state index contributed by atoms with van der Waals surface area (Å²) in [4.78, 5) is 11.6. The predicted octanol–water partition coefficient (Wildman–Crippen LogP) is 2.08. The third-order valence-corrected chi connectivity index (χ3v) is 3.75. The average Bonchev–Trinajstić information content (AvgIpc) is 2.92. The molecule has 0 spiro atoms. The van der Waals surface area contributed by atoms with Crippen LogP contribution < -0.4 is 10.6 Å². The second kappa shape index (κ2) is 5.46. The summed E-state index contributed by atoms with van der Waals surface area (Å²) < 4.78 is 8.99. The van der Waals surface area contributed by atoms with E-state index in [1.807, 2.05) is 0 Å². The maximum atomic E-state index is 11.6. The molecule has 0 saturated heterocycles. The fraction of sp³-hybridized carbons (Fsp3) is 0.636. The Morgan fingerprint density at radius 3 is 3.06 bits per heavy atom. The number of anilines is 1. The Bertz CT molecular complexity index is 363. The largest absolute Gasteiger partial charge is 0.385 e. The lowest BCUT2D eigenvalue weighted by Crippen LogP contribution is -2.34. The molecule has 6 heteroatoms. The van der Waals surface area contributed by atoms with Crippen molar-refractivity contribution in [2.24, 2.45) is 5.41 Å². The molecule has 0 atom stereocenters. The van der Waals surface area contributed by atoms with Crippen LogP contribution in [0.5, 0.6) is 0 Å². The monoisotopic (exact) mass is 255 g/mol. The molecule has 1 aliphatic rings. The summed E-state index contributed by atoms with van der Waals surface area (Å²) in [6, 6.07) is 1.63. The van der Waals surface area contributed by atoms with E-state index in [1.54, 1.807) is 19.4 Å². The number of urea groups is 1. The van der Waals surface area contributed by atoms with E-state index in [2.05, 4.69) is 15.0 Å². The Morgan fingerprint density at radius 1 is 1.65 bits per heavy atom. The highest BCUT2D eigenvalue weighted by Crippen LogP contribution is 2.48. The van der Waals surface area contributed by atoms with Gasteiger partial charge >= 0.3 is 6.03 Å². The lowest BCUT2D eigenvalue weighted by atomic mass is 10.0. The van der Waals surface area contributed by atoms with E-state index in [9.17, 15) is 4.79 Å². The minimum atomic E-state index is -0.155. The molecule has 0 aromatic carbocycles. The number of aromatic nitrogens is 1. The molecule has 1 aliphatic carbocycles. The van der Waals surface area contributed by atoms with Crippen LogP contribution in [0.1, 0.15) is 19.3 Å². The standard InChI is InChI=1S/C11H17N3O2S/c1-16-7-5-11(3-4-11)8-12-10(15)14-9-2-6-13-17-9/h2,6H,3-5,7-8H2,1H3,(H2,12,14,15). The van der Waals surface area contributed by atoms with Crippen molar-refractivity contribution in [3.8, 4) is 0 Å². The first-order valence-corrected chi connectivity index (χ1v) is 6.46. The molecule has 0 bridgehead atoms. The van der Waals surface area contributed by atoms with Crippen molar-refractivity contribution < 1.29 is 9.53 Å². The van der Waals surface area contributed by atoms with Crippen molar-refractivity contribution in [3.05, 3.63) is 12.3 Å². The van der Waals surface area contributed by atoms with Crippen LogP contribution in [0.15, 0.2) is 12.3 Å². The molecule has 1 saturated carbocycles. The van der Waals surface area contributed by atoms with Gasteiger partial charge in [0.25, 0.3) is 0 Å². The molecule has 2 amide bonds. The van der Waals surface area contributed by atoms with Crippen LogP contribution in [0.2, 0.25) is 0 Å². The van der Waals surface area contributed by atoms with Crippen LogP contribution in [0.3, 0.4) is 0 Å². The maximum Gasteiger partial charge on any atom is 0.319 e. The third-order valence-electron chi connectivity index (χ3n) is 3.09. The second-order valence-electron chi connectivity index (χ2n) is 4.43. The molecule has 0 aliphatic heterocycles. The van der Waals surface area contributed by atoms with E-state index < -0.39 is 0 Å². The number of nitrogens with one attached hydrogen (secondary N) is 2. The highest BCUT2D eigenvalue weighted by molar-refractivity contribution is 7.10. The highest BCUT2D eigenvalue weighted by atomic mass is 32.1. The molecule has 0 radical (unpaired) electrons. The molecule has 5 nitrogen and oxygen atoms in total. The van der Waals surface area contributed by atoms with E-state index >= 15 is 0 Å². The van der Waals surface area contributed by atoms with Gasteiger partial charge in [-0.2, -0.15) is 4.37 Å². The number of nitrogens with zero attached hydrogens (tertiary/aromatic N) is 1. The zero-order chi connectivity index (χ0) is 12.1. The Hall–Kier alpha value is -1.14. The Labute approximate surface area is 105 Å². The lowest BCUT2D eigenvalue weighted by Gasteiger charge is -2.15. The molecule has 2 rings (SSSR count). The zero-order valence-electron chi connectivity index (χ0n) is 9.86. The van der Waals surface area contributed by atoms with Gasteiger partial charge in [-0.1, -0.05) is 0 Å². The van der Waals surface area contributed by atoms with Gasteiger partial charge in [0.15, 0.2) is 0 Å². The van der Waals surface area contributed by atoms with Crippen molar-refractivity contribution in [2.75, 3.05) is 25.6 Å². The molecular weight excluding hydrogens is 238 g/mol. The number of carbonyl (C=O) groups is 1. The normalized spacial score (nSPS) is 16.5. The zero-order valence-corrected chi connectivity index (χ0v) is 10.7. The molecule has 1 aromatic rings. The topological polar surface area (TPSA) is 63.2 Å². The summed E-state index contributed by atoms with van der Waals surface area (Å²) in [6.07, 6.45) is 5.04. The van der Waals surface area contributed by atoms with E-state index in [4.69, 9.17) is 4.74 Å². The van der Waals surface area contributed by atoms with Gasteiger partial charge in [0.2, 0.25) is 0 Å². The fourth-order valence-corrected chi connectivity index (χ4v) is 2.21. The van der Waals surface area contributed by atoms with E-state index in [0.717, 1.165) is 24.6 Å². The molecule has 0 unspecified atom stereocenters. The summed E-state index contributed by atoms with van der Waals surface area (Å²) in [5.74, 6) is 0. The molecule has 1 aromatic heterocycles. The summed E-state index contributed by atoms with van der Waals surface area (Å²) in [5, 5.41) is 6.43. The summed E-state index contributed by atoms with van der Waals surface area (Å²) in [7, 11) is 1.71. The molecular formula is C11H17N3O2S. The Kier molecular flexibility index (Phi) is 3.96. The first-order valence-electron chi connectivity index (χ1n) is 5.69. The van der Waals surface area contributed by atoms with Crippen molar-refractivity contribution in [3.63, 3.8) is 0 Å². The summed E-state index contributed by atoms with van der Waals surface area (Å²) in [6.45, 7) is 1.49. The first-order chi connectivity index (χ1) is 8.24. The molecule has 1 fully saturated rings. The van der Waals surface area contributed by atoms with Crippen LogP contribution in [0.25, 0.3) is 0 Å². The van der Waals surface area contributed by atoms with Crippen molar-refractivity contribution in [2.45, 2.75) is 19.3 Å². The minimum absolute atomic E-state index is 0.155. The number of amides is 2. The van der Waals surface area contributed by atoms with E-state index in [0.29, 0.717) is 0 Å².